The number of aliphatic hydroxyl groups excluding tert-OH is 1. The van der Waals surface area contributed by atoms with Crippen molar-refractivity contribution in [1.82, 2.24) is 4.98 Å². The molecule has 0 amide bonds. The molecule has 0 aliphatic rings. The molecule has 0 saturated heterocycles. The van der Waals surface area contributed by atoms with E-state index < -0.39 is 6.10 Å². The van der Waals surface area contributed by atoms with E-state index in [-0.39, 0.29) is 0 Å². The lowest BCUT2D eigenvalue weighted by molar-refractivity contribution is 0.168. The summed E-state index contributed by atoms with van der Waals surface area (Å²) >= 11 is 6.09. The van der Waals surface area contributed by atoms with E-state index in [0.29, 0.717) is 11.4 Å². The van der Waals surface area contributed by atoms with E-state index in [2.05, 4.69) is 23.7 Å². The van der Waals surface area contributed by atoms with Gasteiger partial charge in [0.15, 0.2) is 0 Å². The number of aryl methyl sites for hydroxylation is 1. The highest BCUT2D eigenvalue weighted by atomic mass is 35.5. The zero-order chi connectivity index (χ0) is 22.5. The Labute approximate surface area is 194 Å². The molecular weight excluding hydrogens is 414 g/mol. The molecular formula is C29H26ClNO. The summed E-state index contributed by atoms with van der Waals surface area (Å²) in [6.45, 7) is 6.09. The summed E-state index contributed by atoms with van der Waals surface area (Å²) in [4.78, 5) is 4.67. The zero-order valence-electron chi connectivity index (χ0n) is 18.1. The largest absolute Gasteiger partial charge is 0.388 e. The SMILES string of the molecule is C=C(C)c1ccccc1CCC(O)c1cccc(/C=C/c2ccc3ccc(Cl)cc3n2)c1. The van der Waals surface area contributed by atoms with Gasteiger partial charge in [-0.25, -0.2) is 4.98 Å². The molecule has 1 aromatic heterocycles. The highest BCUT2D eigenvalue weighted by Crippen LogP contribution is 2.25. The van der Waals surface area contributed by atoms with Gasteiger partial charge in [-0.1, -0.05) is 84.4 Å². The van der Waals surface area contributed by atoms with E-state index in [1.165, 1.54) is 11.1 Å². The molecule has 1 heterocycles. The second kappa shape index (κ2) is 9.95. The van der Waals surface area contributed by atoms with Crippen molar-refractivity contribution in [2.24, 2.45) is 0 Å². The number of halogens is 1. The molecule has 0 spiro atoms. The third-order valence-electron chi connectivity index (χ3n) is 5.58. The lowest BCUT2D eigenvalue weighted by Crippen LogP contribution is -2.01. The second-order valence-electron chi connectivity index (χ2n) is 8.07. The van der Waals surface area contributed by atoms with Crippen LogP contribution in [0.1, 0.15) is 47.4 Å². The number of benzene rings is 3. The van der Waals surface area contributed by atoms with Crippen LogP contribution in [0.15, 0.2) is 85.4 Å². The van der Waals surface area contributed by atoms with Crippen molar-refractivity contribution >= 4 is 40.2 Å². The zero-order valence-corrected chi connectivity index (χ0v) is 18.9. The Hall–Kier alpha value is -3.20. The summed E-state index contributed by atoms with van der Waals surface area (Å²) in [5, 5.41) is 12.5. The normalized spacial score (nSPS) is 12.3. The van der Waals surface area contributed by atoms with Crippen molar-refractivity contribution in [3.05, 3.63) is 118 Å². The monoisotopic (exact) mass is 439 g/mol. The van der Waals surface area contributed by atoms with E-state index in [0.717, 1.165) is 39.7 Å². The van der Waals surface area contributed by atoms with Crippen LogP contribution in [-0.4, -0.2) is 10.1 Å². The van der Waals surface area contributed by atoms with Crippen LogP contribution in [0.5, 0.6) is 0 Å². The predicted molar refractivity (Wildman–Crippen MR) is 137 cm³/mol. The maximum atomic E-state index is 10.8. The Morgan fingerprint density at radius 1 is 1.00 bits per heavy atom. The molecule has 4 rings (SSSR count). The number of rotatable bonds is 7. The van der Waals surface area contributed by atoms with Crippen molar-refractivity contribution in [3.63, 3.8) is 0 Å². The average molecular weight is 440 g/mol. The maximum absolute atomic E-state index is 10.8. The maximum Gasteiger partial charge on any atom is 0.0793 e. The van der Waals surface area contributed by atoms with E-state index in [9.17, 15) is 5.11 Å². The minimum Gasteiger partial charge on any atom is -0.388 e. The summed E-state index contributed by atoms with van der Waals surface area (Å²) in [5.74, 6) is 0. The number of fused-ring (bicyclic) bond motifs is 1. The van der Waals surface area contributed by atoms with Crippen molar-refractivity contribution in [2.45, 2.75) is 25.9 Å². The predicted octanol–water partition coefficient (Wildman–Crippen LogP) is 7.76. The molecule has 0 fully saturated rings. The summed E-state index contributed by atoms with van der Waals surface area (Å²) in [6.07, 6.45) is 4.93. The first-order chi connectivity index (χ1) is 15.5. The molecule has 0 radical (unpaired) electrons. The first-order valence-electron chi connectivity index (χ1n) is 10.8. The third-order valence-corrected chi connectivity index (χ3v) is 5.82. The Morgan fingerprint density at radius 2 is 1.81 bits per heavy atom. The lowest BCUT2D eigenvalue weighted by Gasteiger charge is -2.14. The van der Waals surface area contributed by atoms with Gasteiger partial charge in [-0.15, -0.1) is 0 Å². The highest BCUT2D eigenvalue weighted by Gasteiger charge is 2.10. The molecule has 0 aliphatic heterocycles. The Morgan fingerprint density at radius 3 is 2.66 bits per heavy atom. The van der Waals surface area contributed by atoms with Gasteiger partial charge in [0.05, 0.1) is 17.3 Å². The fourth-order valence-corrected chi connectivity index (χ4v) is 4.03. The Balaban J connectivity index is 1.47. The van der Waals surface area contributed by atoms with Gasteiger partial charge < -0.3 is 5.11 Å². The van der Waals surface area contributed by atoms with Crippen LogP contribution in [0.4, 0.5) is 0 Å². The van der Waals surface area contributed by atoms with Crippen molar-refractivity contribution in [3.8, 4) is 0 Å². The highest BCUT2D eigenvalue weighted by molar-refractivity contribution is 6.31. The Bertz CT molecular complexity index is 1290. The van der Waals surface area contributed by atoms with Crippen molar-refractivity contribution in [2.75, 3.05) is 0 Å². The van der Waals surface area contributed by atoms with Crippen molar-refractivity contribution < 1.29 is 5.11 Å². The van der Waals surface area contributed by atoms with Crippen LogP contribution >= 0.6 is 11.6 Å². The van der Waals surface area contributed by atoms with Gasteiger partial charge >= 0.3 is 0 Å². The van der Waals surface area contributed by atoms with E-state index in [1.54, 1.807) is 0 Å². The topological polar surface area (TPSA) is 33.1 Å². The van der Waals surface area contributed by atoms with Gasteiger partial charge in [-0.05, 0) is 72.4 Å². The van der Waals surface area contributed by atoms with Gasteiger partial charge in [0.1, 0.15) is 0 Å². The number of aliphatic hydroxyl groups is 1. The van der Waals surface area contributed by atoms with Gasteiger partial charge in [0.25, 0.3) is 0 Å². The van der Waals surface area contributed by atoms with Gasteiger partial charge in [-0.3, -0.25) is 0 Å². The van der Waals surface area contributed by atoms with E-state index >= 15 is 0 Å². The molecule has 3 heteroatoms. The van der Waals surface area contributed by atoms with Crippen LogP contribution < -0.4 is 0 Å². The molecule has 0 saturated carbocycles. The van der Waals surface area contributed by atoms with Crippen LogP contribution in [0.25, 0.3) is 28.6 Å². The number of hydrogen-bond donors (Lipinski definition) is 1. The molecule has 0 aliphatic carbocycles. The molecule has 0 bridgehead atoms. The number of nitrogens with zero attached hydrogens (tertiary/aromatic N) is 1. The van der Waals surface area contributed by atoms with Gasteiger partial charge in [0.2, 0.25) is 0 Å². The number of pyridine rings is 1. The minimum atomic E-state index is -0.525. The fraction of sp³-hybridized carbons (Fsp3) is 0.138. The van der Waals surface area contributed by atoms with E-state index in [1.807, 2.05) is 85.8 Å². The second-order valence-corrected chi connectivity index (χ2v) is 8.50. The molecule has 3 aromatic carbocycles. The van der Waals surface area contributed by atoms with Crippen molar-refractivity contribution in [1.29, 1.82) is 0 Å². The summed E-state index contributed by atoms with van der Waals surface area (Å²) < 4.78 is 0. The molecule has 1 N–H and O–H groups in total. The van der Waals surface area contributed by atoms with Crippen LogP contribution in [0.3, 0.4) is 0 Å². The van der Waals surface area contributed by atoms with Crippen LogP contribution in [0.2, 0.25) is 5.02 Å². The summed E-state index contributed by atoms with van der Waals surface area (Å²) in [7, 11) is 0. The van der Waals surface area contributed by atoms with Gasteiger partial charge in [0, 0.05) is 10.4 Å². The summed E-state index contributed by atoms with van der Waals surface area (Å²) in [6, 6.07) is 26.0. The molecule has 1 atom stereocenters. The number of allylic oxidation sites excluding steroid dienone is 1. The first kappa shape index (κ1) is 22.0. The molecule has 2 nitrogen and oxygen atoms in total. The summed E-state index contributed by atoms with van der Waals surface area (Å²) in [5.41, 5.74) is 7.11. The Kier molecular flexibility index (Phi) is 6.84. The minimum absolute atomic E-state index is 0.525. The standard InChI is InChI=1S/C29H26ClNO/c1-20(2)27-9-4-3-7-22(27)13-17-29(32)24-8-5-6-21(18-24)10-15-26-16-12-23-11-14-25(30)19-28(23)31-26/h3-12,14-16,18-19,29,32H,1,13,17H2,2H3/b15-10+. The van der Waals surface area contributed by atoms with Crippen LogP contribution in [0, 0.1) is 0 Å². The quantitative estimate of drug-likeness (QED) is 0.319. The molecule has 1 unspecified atom stereocenters. The molecule has 32 heavy (non-hydrogen) atoms. The number of aromatic nitrogens is 1. The fourth-order valence-electron chi connectivity index (χ4n) is 3.86. The first-order valence-corrected chi connectivity index (χ1v) is 11.1. The lowest BCUT2D eigenvalue weighted by atomic mass is 9.95. The van der Waals surface area contributed by atoms with Crippen LogP contribution in [-0.2, 0) is 6.42 Å². The van der Waals surface area contributed by atoms with Gasteiger partial charge in [-0.2, -0.15) is 0 Å². The average Bonchev–Trinajstić information content (AvgIpc) is 2.81. The number of hydrogen-bond acceptors (Lipinski definition) is 2. The smallest absolute Gasteiger partial charge is 0.0793 e. The molecule has 160 valence electrons. The molecule has 4 aromatic rings. The third kappa shape index (κ3) is 5.34. The van der Waals surface area contributed by atoms with E-state index in [4.69, 9.17) is 11.6 Å².